The molecule has 0 aromatic heterocycles. The zero-order chi connectivity index (χ0) is 7.84. The maximum atomic E-state index is 6.01. The molecule has 1 saturated heterocycles. The molecule has 11 heavy (non-hydrogen) atoms. The minimum absolute atomic E-state index is 0.511. The van der Waals surface area contributed by atoms with Crippen LogP contribution in [-0.2, 0) is 0 Å². The van der Waals surface area contributed by atoms with Crippen LogP contribution in [-0.4, -0.2) is 30.6 Å². The van der Waals surface area contributed by atoms with Gasteiger partial charge in [0.05, 0.1) is 0 Å². The van der Waals surface area contributed by atoms with Gasteiger partial charge in [0.1, 0.15) is 0 Å². The summed E-state index contributed by atoms with van der Waals surface area (Å²) in [4.78, 5) is 2.54. The first kappa shape index (κ1) is 7.56. The van der Waals surface area contributed by atoms with E-state index in [4.69, 9.17) is 5.73 Å². The van der Waals surface area contributed by atoms with Gasteiger partial charge in [-0.25, -0.2) is 0 Å². The predicted molar refractivity (Wildman–Crippen MR) is 46.3 cm³/mol. The topological polar surface area (TPSA) is 29.3 Å². The van der Waals surface area contributed by atoms with Gasteiger partial charge < -0.3 is 10.6 Å². The quantitative estimate of drug-likeness (QED) is 0.601. The van der Waals surface area contributed by atoms with Crippen LogP contribution in [0.5, 0.6) is 0 Å². The lowest BCUT2D eigenvalue weighted by Gasteiger charge is -2.15. The second-order valence-electron chi connectivity index (χ2n) is 4.02. The van der Waals surface area contributed by atoms with E-state index in [1.54, 1.807) is 0 Å². The van der Waals surface area contributed by atoms with E-state index in [0.29, 0.717) is 6.04 Å². The molecule has 1 aliphatic carbocycles. The average molecular weight is 154 g/mol. The van der Waals surface area contributed by atoms with Gasteiger partial charge in [-0.2, -0.15) is 0 Å². The van der Waals surface area contributed by atoms with E-state index in [9.17, 15) is 0 Å². The van der Waals surface area contributed by atoms with Crippen molar-refractivity contribution in [3.05, 3.63) is 0 Å². The van der Waals surface area contributed by atoms with Crippen molar-refractivity contribution in [2.75, 3.05) is 19.6 Å². The first-order valence-electron chi connectivity index (χ1n) is 4.79. The molecule has 0 spiro atoms. The molecule has 0 aromatic carbocycles. The molecule has 0 bridgehead atoms. The molecule has 0 radical (unpaired) electrons. The van der Waals surface area contributed by atoms with E-state index in [2.05, 4.69) is 11.8 Å². The van der Waals surface area contributed by atoms with E-state index in [-0.39, 0.29) is 0 Å². The number of rotatable bonds is 1. The Bertz CT molecular complexity index is 146. The normalized spacial score (nSPS) is 44.7. The highest BCUT2D eigenvalue weighted by atomic mass is 15.2. The van der Waals surface area contributed by atoms with Gasteiger partial charge in [0, 0.05) is 19.1 Å². The van der Waals surface area contributed by atoms with Crippen LogP contribution in [0.4, 0.5) is 0 Å². The van der Waals surface area contributed by atoms with Gasteiger partial charge >= 0.3 is 0 Å². The van der Waals surface area contributed by atoms with E-state index in [1.807, 2.05) is 0 Å². The lowest BCUT2D eigenvalue weighted by Crippen LogP contribution is -2.30. The van der Waals surface area contributed by atoms with Gasteiger partial charge in [-0.05, 0) is 31.2 Å². The summed E-state index contributed by atoms with van der Waals surface area (Å²) in [5, 5.41) is 0. The highest BCUT2D eigenvalue weighted by molar-refractivity contribution is 4.95. The Kier molecular flexibility index (Phi) is 1.90. The monoisotopic (exact) mass is 154 g/mol. The average Bonchev–Trinajstić information content (AvgIpc) is 2.53. The molecule has 64 valence electrons. The number of fused-ring (bicyclic) bond motifs is 1. The highest BCUT2D eigenvalue weighted by Gasteiger charge is 2.40. The third-order valence-corrected chi connectivity index (χ3v) is 3.44. The Morgan fingerprint density at radius 1 is 1.36 bits per heavy atom. The fourth-order valence-corrected chi connectivity index (χ4v) is 2.66. The van der Waals surface area contributed by atoms with E-state index in [1.165, 1.54) is 32.5 Å². The summed E-state index contributed by atoms with van der Waals surface area (Å²) in [5.74, 6) is 1.76. The van der Waals surface area contributed by atoms with Crippen molar-refractivity contribution in [2.45, 2.75) is 25.8 Å². The zero-order valence-corrected chi connectivity index (χ0v) is 7.29. The zero-order valence-electron chi connectivity index (χ0n) is 7.29. The van der Waals surface area contributed by atoms with Crippen LogP contribution in [0.1, 0.15) is 19.8 Å². The SMILES string of the molecule is CCN1C[C@H]2CC[C@@H](N)[C@H]2C1. The highest BCUT2D eigenvalue weighted by Crippen LogP contribution is 2.36. The number of likely N-dealkylation sites (tertiary alicyclic amines) is 1. The van der Waals surface area contributed by atoms with Crippen LogP contribution in [0.15, 0.2) is 0 Å². The Morgan fingerprint density at radius 2 is 2.18 bits per heavy atom. The first-order valence-corrected chi connectivity index (χ1v) is 4.79. The number of nitrogens with zero attached hydrogens (tertiary/aromatic N) is 1. The largest absolute Gasteiger partial charge is 0.327 e. The molecule has 1 aliphatic heterocycles. The molecule has 1 heterocycles. The predicted octanol–water partition coefficient (Wildman–Crippen LogP) is 0.675. The summed E-state index contributed by atoms with van der Waals surface area (Å²) < 4.78 is 0. The summed E-state index contributed by atoms with van der Waals surface area (Å²) in [5.41, 5.74) is 6.01. The minimum atomic E-state index is 0.511. The van der Waals surface area contributed by atoms with Crippen molar-refractivity contribution in [2.24, 2.45) is 17.6 Å². The van der Waals surface area contributed by atoms with Crippen molar-refractivity contribution < 1.29 is 0 Å². The van der Waals surface area contributed by atoms with Crippen molar-refractivity contribution in [1.29, 1.82) is 0 Å². The molecule has 2 fully saturated rings. The van der Waals surface area contributed by atoms with Crippen molar-refractivity contribution in [3.8, 4) is 0 Å². The molecule has 0 unspecified atom stereocenters. The van der Waals surface area contributed by atoms with Gasteiger partial charge in [-0.15, -0.1) is 0 Å². The Balaban J connectivity index is 1.98. The van der Waals surface area contributed by atoms with Crippen molar-refractivity contribution >= 4 is 0 Å². The van der Waals surface area contributed by atoms with E-state index >= 15 is 0 Å². The summed E-state index contributed by atoms with van der Waals surface area (Å²) >= 11 is 0. The molecular formula is C9H18N2. The van der Waals surface area contributed by atoms with Crippen molar-refractivity contribution in [3.63, 3.8) is 0 Å². The number of hydrogen-bond donors (Lipinski definition) is 1. The first-order chi connectivity index (χ1) is 5.31. The summed E-state index contributed by atoms with van der Waals surface area (Å²) in [6, 6.07) is 0.511. The molecule has 0 aromatic rings. The maximum absolute atomic E-state index is 6.01. The van der Waals surface area contributed by atoms with E-state index in [0.717, 1.165) is 11.8 Å². The third kappa shape index (κ3) is 1.18. The third-order valence-electron chi connectivity index (χ3n) is 3.44. The van der Waals surface area contributed by atoms with Crippen molar-refractivity contribution in [1.82, 2.24) is 4.90 Å². The van der Waals surface area contributed by atoms with Gasteiger partial charge in [0.15, 0.2) is 0 Å². The second kappa shape index (κ2) is 2.76. The van der Waals surface area contributed by atoms with E-state index < -0.39 is 0 Å². The Hall–Kier alpha value is -0.0800. The summed E-state index contributed by atoms with van der Waals surface area (Å²) in [6.45, 7) is 6.03. The van der Waals surface area contributed by atoms with Crippen LogP contribution in [0.3, 0.4) is 0 Å². The fourth-order valence-electron chi connectivity index (χ4n) is 2.66. The number of hydrogen-bond acceptors (Lipinski definition) is 2. The van der Waals surface area contributed by atoms with Crippen LogP contribution in [0.25, 0.3) is 0 Å². The molecule has 2 heteroatoms. The van der Waals surface area contributed by atoms with Crippen LogP contribution >= 0.6 is 0 Å². The van der Waals surface area contributed by atoms with Crippen LogP contribution in [0.2, 0.25) is 0 Å². The van der Waals surface area contributed by atoms with Crippen LogP contribution < -0.4 is 5.73 Å². The summed E-state index contributed by atoms with van der Waals surface area (Å²) in [7, 11) is 0. The molecule has 2 N–H and O–H groups in total. The minimum Gasteiger partial charge on any atom is -0.327 e. The fraction of sp³-hybridized carbons (Fsp3) is 1.00. The smallest absolute Gasteiger partial charge is 0.00826 e. The Labute approximate surface area is 68.7 Å². The van der Waals surface area contributed by atoms with Crippen LogP contribution in [0, 0.1) is 11.8 Å². The number of nitrogens with two attached hydrogens (primary N) is 1. The molecule has 0 amide bonds. The molecular weight excluding hydrogens is 136 g/mol. The lowest BCUT2D eigenvalue weighted by molar-refractivity contribution is 0.322. The maximum Gasteiger partial charge on any atom is 0.00826 e. The molecule has 1 saturated carbocycles. The molecule has 2 rings (SSSR count). The molecule has 2 nitrogen and oxygen atoms in total. The van der Waals surface area contributed by atoms with Gasteiger partial charge in [-0.1, -0.05) is 6.92 Å². The van der Waals surface area contributed by atoms with Gasteiger partial charge in [0.2, 0.25) is 0 Å². The molecule has 3 atom stereocenters. The van der Waals surface area contributed by atoms with Gasteiger partial charge in [-0.3, -0.25) is 0 Å². The lowest BCUT2D eigenvalue weighted by atomic mass is 9.98. The summed E-state index contributed by atoms with van der Waals surface area (Å²) in [6.07, 6.45) is 2.65. The second-order valence-corrected chi connectivity index (χ2v) is 4.02. The Morgan fingerprint density at radius 3 is 2.82 bits per heavy atom. The van der Waals surface area contributed by atoms with Gasteiger partial charge in [0.25, 0.3) is 0 Å². The molecule has 2 aliphatic rings. The standard InChI is InChI=1S/C9H18N2/c1-2-11-5-7-3-4-9(10)8(7)6-11/h7-9H,2-6,10H2,1H3/t7-,8+,9-/m1/s1.